The number of amides is 1. The number of pyridine rings is 1. The Kier molecular flexibility index (Phi) is 5.71. The molecule has 1 aliphatic heterocycles. The molecule has 3 rings (SSSR count). The Morgan fingerprint density at radius 2 is 1.93 bits per heavy atom. The lowest BCUT2D eigenvalue weighted by atomic mass is 10.1. The monoisotopic (exact) mass is 374 g/mol. The highest BCUT2D eigenvalue weighted by Gasteiger charge is 2.16. The maximum absolute atomic E-state index is 12.5. The number of fused-ring (bicyclic) bond motifs is 1. The third kappa shape index (κ3) is 3.93. The SMILES string of the molecule is Cc1cc(C(=O)NCCCN2CCNCC2)nc2c1c(=O)n(C)c(=O)n2C. The van der Waals surface area contributed by atoms with Crippen LogP contribution in [0.2, 0.25) is 0 Å². The quantitative estimate of drug-likeness (QED) is 0.649. The van der Waals surface area contributed by atoms with Crippen LogP contribution in [0.25, 0.3) is 11.0 Å². The molecule has 2 aromatic rings. The minimum atomic E-state index is -0.465. The van der Waals surface area contributed by atoms with E-state index in [0.29, 0.717) is 17.5 Å². The second-order valence-electron chi connectivity index (χ2n) is 6.93. The molecule has 1 saturated heterocycles. The van der Waals surface area contributed by atoms with Gasteiger partial charge >= 0.3 is 5.69 Å². The van der Waals surface area contributed by atoms with E-state index in [4.69, 9.17) is 0 Å². The molecule has 0 aliphatic carbocycles. The topological polar surface area (TPSA) is 101 Å². The van der Waals surface area contributed by atoms with Crippen molar-refractivity contribution in [2.45, 2.75) is 13.3 Å². The summed E-state index contributed by atoms with van der Waals surface area (Å²) >= 11 is 0. The summed E-state index contributed by atoms with van der Waals surface area (Å²) in [4.78, 5) is 43.6. The number of nitrogens with one attached hydrogen (secondary N) is 2. The van der Waals surface area contributed by atoms with E-state index >= 15 is 0 Å². The van der Waals surface area contributed by atoms with Gasteiger partial charge in [-0.1, -0.05) is 0 Å². The van der Waals surface area contributed by atoms with Crippen LogP contribution in [0.5, 0.6) is 0 Å². The van der Waals surface area contributed by atoms with Crippen molar-refractivity contribution in [3.63, 3.8) is 0 Å². The highest BCUT2D eigenvalue weighted by Crippen LogP contribution is 2.12. The van der Waals surface area contributed by atoms with Crippen molar-refractivity contribution >= 4 is 16.9 Å². The number of rotatable bonds is 5. The van der Waals surface area contributed by atoms with Gasteiger partial charge in [0, 0.05) is 46.8 Å². The Morgan fingerprint density at radius 1 is 1.22 bits per heavy atom. The number of carbonyl (C=O) groups is 1. The molecule has 0 saturated carbocycles. The van der Waals surface area contributed by atoms with Gasteiger partial charge in [0.15, 0.2) is 0 Å². The van der Waals surface area contributed by atoms with Gasteiger partial charge in [-0.2, -0.15) is 0 Å². The summed E-state index contributed by atoms with van der Waals surface area (Å²) in [7, 11) is 2.98. The van der Waals surface area contributed by atoms with E-state index in [1.807, 2.05) is 0 Å². The van der Waals surface area contributed by atoms with E-state index in [2.05, 4.69) is 20.5 Å². The van der Waals surface area contributed by atoms with Crippen molar-refractivity contribution in [3.05, 3.63) is 38.2 Å². The van der Waals surface area contributed by atoms with Gasteiger partial charge in [-0.15, -0.1) is 0 Å². The Labute approximate surface area is 157 Å². The van der Waals surface area contributed by atoms with E-state index < -0.39 is 11.2 Å². The lowest BCUT2D eigenvalue weighted by Gasteiger charge is -2.27. The molecule has 0 spiro atoms. The smallest absolute Gasteiger partial charge is 0.332 e. The molecule has 146 valence electrons. The molecule has 0 radical (unpaired) electrons. The van der Waals surface area contributed by atoms with Gasteiger partial charge in [-0.25, -0.2) is 9.78 Å². The fraction of sp³-hybridized carbons (Fsp3) is 0.556. The number of hydrogen-bond donors (Lipinski definition) is 2. The number of nitrogens with zero attached hydrogens (tertiary/aromatic N) is 4. The van der Waals surface area contributed by atoms with E-state index in [9.17, 15) is 14.4 Å². The molecule has 1 amide bonds. The molecule has 1 aliphatic rings. The summed E-state index contributed by atoms with van der Waals surface area (Å²) in [5.41, 5.74) is 0.204. The van der Waals surface area contributed by atoms with Crippen LogP contribution in [-0.2, 0) is 14.1 Å². The summed E-state index contributed by atoms with van der Waals surface area (Å²) in [6.07, 6.45) is 0.858. The Hall–Kier alpha value is -2.52. The van der Waals surface area contributed by atoms with Crippen LogP contribution >= 0.6 is 0 Å². The number of piperazine rings is 1. The van der Waals surface area contributed by atoms with Crippen LogP contribution in [-0.4, -0.2) is 64.2 Å². The molecule has 9 nitrogen and oxygen atoms in total. The lowest BCUT2D eigenvalue weighted by Crippen LogP contribution is -2.44. The van der Waals surface area contributed by atoms with Crippen molar-refractivity contribution < 1.29 is 4.79 Å². The van der Waals surface area contributed by atoms with E-state index in [1.165, 1.54) is 11.6 Å². The average molecular weight is 374 g/mol. The molecule has 1 fully saturated rings. The van der Waals surface area contributed by atoms with Crippen LogP contribution in [0, 0.1) is 6.92 Å². The van der Waals surface area contributed by atoms with Crippen molar-refractivity contribution in [3.8, 4) is 0 Å². The Bertz CT molecular complexity index is 972. The molecule has 2 N–H and O–H groups in total. The zero-order valence-corrected chi connectivity index (χ0v) is 16.0. The van der Waals surface area contributed by atoms with Crippen LogP contribution < -0.4 is 21.9 Å². The number of carbonyl (C=O) groups excluding carboxylic acids is 1. The minimum Gasteiger partial charge on any atom is -0.351 e. The summed E-state index contributed by atoms with van der Waals surface area (Å²) in [5.74, 6) is -0.298. The lowest BCUT2D eigenvalue weighted by molar-refractivity contribution is 0.0946. The van der Waals surface area contributed by atoms with Gasteiger partial charge in [-0.3, -0.25) is 18.7 Å². The van der Waals surface area contributed by atoms with Gasteiger partial charge in [0.1, 0.15) is 11.3 Å². The predicted octanol–water partition coefficient (Wildman–Crippen LogP) is -1.03. The maximum atomic E-state index is 12.5. The fourth-order valence-electron chi connectivity index (χ4n) is 3.38. The first-order chi connectivity index (χ1) is 12.9. The molecule has 2 aromatic heterocycles. The first-order valence-electron chi connectivity index (χ1n) is 9.19. The maximum Gasteiger partial charge on any atom is 0.332 e. The average Bonchev–Trinajstić information content (AvgIpc) is 2.68. The van der Waals surface area contributed by atoms with Crippen molar-refractivity contribution in [2.75, 3.05) is 39.3 Å². The largest absolute Gasteiger partial charge is 0.351 e. The summed E-state index contributed by atoms with van der Waals surface area (Å²) in [6.45, 7) is 7.31. The summed E-state index contributed by atoms with van der Waals surface area (Å²) < 4.78 is 2.35. The first kappa shape index (κ1) is 19.2. The molecule has 0 unspecified atom stereocenters. The number of hydrogen-bond acceptors (Lipinski definition) is 6. The second-order valence-corrected chi connectivity index (χ2v) is 6.93. The third-order valence-corrected chi connectivity index (χ3v) is 4.99. The summed E-state index contributed by atoms with van der Waals surface area (Å²) in [6, 6.07) is 1.60. The summed E-state index contributed by atoms with van der Waals surface area (Å²) in [5, 5.41) is 6.55. The second kappa shape index (κ2) is 8.01. The molecule has 3 heterocycles. The van der Waals surface area contributed by atoms with Crippen LogP contribution in [0.1, 0.15) is 22.5 Å². The first-order valence-corrected chi connectivity index (χ1v) is 9.19. The van der Waals surface area contributed by atoms with Crippen LogP contribution in [0.4, 0.5) is 0 Å². The van der Waals surface area contributed by atoms with Gasteiger partial charge in [0.25, 0.3) is 11.5 Å². The number of aryl methyl sites for hydroxylation is 2. The fourth-order valence-corrected chi connectivity index (χ4v) is 3.38. The van der Waals surface area contributed by atoms with Crippen LogP contribution in [0.15, 0.2) is 15.7 Å². The standard InChI is InChI=1S/C18H26N6O3/c1-12-11-13(16(25)20-5-4-8-24-9-6-19-7-10-24)21-15-14(12)17(26)23(3)18(27)22(15)2/h11,19H,4-10H2,1-3H3,(H,20,25). The highest BCUT2D eigenvalue weighted by atomic mass is 16.2. The van der Waals surface area contributed by atoms with E-state index in [0.717, 1.165) is 43.7 Å². The zero-order chi connectivity index (χ0) is 19.6. The highest BCUT2D eigenvalue weighted by molar-refractivity contribution is 5.95. The third-order valence-electron chi connectivity index (χ3n) is 4.99. The molecule has 0 bridgehead atoms. The van der Waals surface area contributed by atoms with Gasteiger partial charge in [0.05, 0.1) is 5.39 Å². The molecular weight excluding hydrogens is 348 g/mol. The molecule has 27 heavy (non-hydrogen) atoms. The molecule has 0 atom stereocenters. The van der Waals surface area contributed by atoms with E-state index in [-0.39, 0.29) is 17.2 Å². The predicted molar refractivity (Wildman–Crippen MR) is 103 cm³/mol. The van der Waals surface area contributed by atoms with Gasteiger partial charge < -0.3 is 15.5 Å². The van der Waals surface area contributed by atoms with Crippen LogP contribution in [0.3, 0.4) is 0 Å². The zero-order valence-electron chi connectivity index (χ0n) is 16.0. The normalized spacial score (nSPS) is 15.2. The number of aromatic nitrogens is 3. The van der Waals surface area contributed by atoms with Crippen molar-refractivity contribution in [1.29, 1.82) is 0 Å². The van der Waals surface area contributed by atoms with Crippen molar-refractivity contribution in [2.24, 2.45) is 14.1 Å². The minimum absolute atomic E-state index is 0.213. The van der Waals surface area contributed by atoms with Gasteiger partial charge in [-0.05, 0) is 31.5 Å². The molecular formula is C18H26N6O3. The Balaban J connectivity index is 1.73. The molecule has 0 aromatic carbocycles. The van der Waals surface area contributed by atoms with Crippen molar-refractivity contribution in [1.82, 2.24) is 29.7 Å². The van der Waals surface area contributed by atoms with Gasteiger partial charge in [0.2, 0.25) is 0 Å². The van der Waals surface area contributed by atoms with E-state index in [1.54, 1.807) is 20.0 Å². The molecule has 9 heteroatoms. The Morgan fingerprint density at radius 3 is 2.63 bits per heavy atom.